The van der Waals surface area contributed by atoms with Crippen molar-refractivity contribution >= 4 is 28.5 Å². The molecule has 124 valence electrons. The van der Waals surface area contributed by atoms with Gasteiger partial charge in [0.2, 0.25) is 0 Å². The molecule has 8 nitrogen and oxygen atoms in total. The number of nitrogens with one attached hydrogen (secondary N) is 1. The van der Waals surface area contributed by atoms with E-state index in [1.165, 1.54) is 17.7 Å². The summed E-state index contributed by atoms with van der Waals surface area (Å²) in [6.07, 6.45) is 0.0925. The lowest BCUT2D eigenvalue weighted by atomic mass is 10.1. The smallest absolute Gasteiger partial charge is 0.436 e. The molecule has 2 aromatic heterocycles. The lowest BCUT2D eigenvalue weighted by Gasteiger charge is -2.08. The second-order valence-electron chi connectivity index (χ2n) is 4.53. The molecule has 0 saturated heterocycles. The second kappa shape index (κ2) is 7.23. The second-order valence-corrected chi connectivity index (χ2v) is 5.75. The number of thiophene rings is 1. The summed E-state index contributed by atoms with van der Waals surface area (Å²) < 4.78 is 11.0. The molecule has 9 heteroatoms. The minimum Gasteiger partial charge on any atom is -0.450 e. The number of carbonyl (C=O) groups is 2. The summed E-state index contributed by atoms with van der Waals surface area (Å²) in [5.41, 5.74) is 1.53. The van der Waals surface area contributed by atoms with Crippen LogP contribution in [0, 0.1) is 13.8 Å². The van der Waals surface area contributed by atoms with Crippen molar-refractivity contribution in [2.24, 2.45) is 0 Å². The van der Waals surface area contributed by atoms with E-state index < -0.39 is 12.2 Å². The molecule has 1 amide bonds. The molecule has 0 aliphatic carbocycles. The highest BCUT2D eigenvalue weighted by Gasteiger charge is 2.24. The molecule has 2 rings (SSSR count). The van der Waals surface area contributed by atoms with Gasteiger partial charge in [-0.05, 0) is 33.3 Å². The van der Waals surface area contributed by atoms with Gasteiger partial charge in [0.15, 0.2) is 5.82 Å². The molecule has 0 atom stereocenters. The summed E-state index contributed by atoms with van der Waals surface area (Å²) in [6, 6.07) is 0. The Bertz CT molecular complexity index is 722. The first-order valence-electron chi connectivity index (χ1n) is 7.10. The molecule has 0 aliphatic rings. The zero-order valence-electron chi connectivity index (χ0n) is 13.4. The molecule has 2 aromatic rings. The zero-order chi connectivity index (χ0) is 17.0. The van der Waals surface area contributed by atoms with Crippen LogP contribution in [0.15, 0.2) is 6.33 Å². The van der Waals surface area contributed by atoms with Crippen molar-refractivity contribution in [3.05, 3.63) is 16.8 Å². The Morgan fingerprint density at radius 1 is 1.26 bits per heavy atom. The van der Waals surface area contributed by atoms with E-state index in [-0.39, 0.29) is 13.2 Å². The molecular weight excluding hydrogens is 320 g/mol. The minimum atomic E-state index is -0.620. The van der Waals surface area contributed by atoms with Crippen LogP contribution in [0.4, 0.5) is 14.6 Å². The third kappa shape index (κ3) is 3.50. The van der Waals surface area contributed by atoms with E-state index in [1.807, 2.05) is 13.8 Å². The highest BCUT2D eigenvalue weighted by atomic mass is 32.1. The highest BCUT2D eigenvalue weighted by molar-refractivity contribution is 7.17. The van der Waals surface area contributed by atoms with E-state index in [2.05, 4.69) is 15.4 Å². The number of hydrogen-bond acceptors (Lipinski definition) is 7. The molecule has 0 fully saturated rings. The highest BCUT2D eigenvalue weighted by Crippen LogP contribution is 2.39. The van der Waals surface area contributed by atoms with Crippen molar-refractivity contribution in [1.29, 1.82) is 0 Å². The number of hydrogen-bond donors (Lipinski definition) is 1. The first-order chi connectivity index (χ1) is 11.0. The monoisotopic (exact) mass is 338 g/mol. The third-order valence-electron chi connectivity index (χ3n) is 3.09. The molecule has 0 aromatic carbocycles. The average molecular weight is 338 g/mol. The molecule has 1 N–H and O–H groups in total. The van der Waals surface area contributed by atoms with Crippen LogP contribution in [-0.2, 0) is 9.47 Å². The van der Waals surface area contributed by atoms with Crippen molar-refractivity contribution in [3.63, 3.8) is 0 Å². The number of amides is 1. The fraction of sp³-hybridized carbons (Fsp3) is 0.429. The molecule has 0 unspecified atom stereocenters. The van der Waals surface area contributed by atoms with Gasteiger partial charge >= 0.3 is 12.2 Å². The van der Waals surface area contributed by atoms with Crippen LogP contribution in [0.1, 0.15) is 24.3 Å². The van der Waals surface area contributed by atoms with Crippen LogP contribution in [0.3, 0.4) is 0 Å². The quantitative estimate of drug-likeness (QED) is 0.920. The number of carbonyl (C=O) groups excluding carboxylic acids is 2. The molecule has 0 bridgehead atoms. The van der Waals surface area contributed by atoms with E-state index in [0.29, 0.717) is 16.4 Å². The van der Waals surface area contributed by atoms with Gasteiger partial charge in [0.1, 0.15) is 11.3 Å². The van der Waals surface area contributed by atoms with Crippen LogP contribution in [-0.4, -0.2) is 40.2 Å². The Balaban J connectivity index is 2.45. The van der Waals surface area contributed by atoms with Gasteiger partial charge in [0, 0.05) is 4.88 Å². The largest absolute Gasteiger partial charge is 0.450 e. The Labute approximate surface area is 137 Å². The molecule has 23 heavy (non-hydrogen) atoms. The van der Waals surface area contributed by atoms with Crippen molar-refractivity contribution < 1.29 is 19.1 Å². The van der Waals surface area contributed by atoms with Crippen molar-refractivity contribution in [3.8, 4) is 11.4 Å². The maximum Gasteiger partial charge on any atom is 0.436 e. The van der Waals surface area contributed by atoms with E-state index >= 15 is 0 Å². The van der Waals surface area contributed by atoms with Gasteiger partial charge in [-0.15, -0.1) is 21.1 Å². The topological polar surface area (TPSA) is 95.3 Å². The molecule has 0 radical (unpaired) electrons. The van der Waals surface area contributed by atoms with Gasteiger partial charge in [-0.3, -0.25) is 5.32 Å². The van der Waals surface area contributed by atoms with E-state index in [9.17, 15) is 9.59 Å². The van der Waals surface area contributed by atoms with E-state index in [1.54, 1.807) is 13.8 Å². The number of aryl methyl sites for hydroxylation is 1. The number of aromatic nitrogens is 3. The predicted octanol–water partition coefficient (Wildman–Crippen LogP) is 3.20. The van der Waals surface area contributed by atoms with Gasteiger partial charge < -0.3 is 9.47 Å². The number of anilines is 1. The van der Waals surface area contributed by atoms with Crippen LogP contribution < -0.4 is 5.32 Å². The summed E-state index contributed by atoms with van der Waals surface area (Å²) in [5, 5.41) is 7.15. The lowest BCUT2D eigenvalue weighted by molar-refractivity contribution is 0.151. The van der Waals surface area contributed by atoms with Crippen LogP contribution >= 0.6 is 11.3 Å². The number of nitrogens with zero attached hydrogens (tertiary/aromatic N) is 3. The fourth-order valence-corrected chi connectivity index (χ4v) is 3.02. The molecule has 0 saturated carbocycles. The zero-order valence-corrected chi connectivity index (χ0v) is 14.2. The van der Waals surface area contributed by atoms with E-state index in [4.69, 9.17) is 9.47 Å². The summed E-state index contributed by atoms with van der Waals surface area (Å²) in [5.74, 6) is 0.317. The van der Waals surface area contributed by atoms with Crippen molar-refractivity contribution in [1.82, 2.24) is 14.8 Å². The maximum atomic E-state index is 12.0. The van der Waals surface area contributed by atoms with Gasteiger partial charge in [-0.25, -0.2) is 14.6 Å². The Morgan fingerprint density at radius 2 is 1.96 bits per heavy atom. The van der Waals surface area contributed by atoms with Gasteiger partial charge in [0.05, 0.1) is 18.8 Å². The first kappa shape index (κ1) is 16.9. The molecule has 2 heterocycles. The normalized spacial score (nSPS) is 10.4. The number of rotatable bonds is 4. The Kier molecular flexibility index (Phi) is 5.32. The molecular formula is C14H18N4O4S. The van der Waals surface area contributed by atoms with Crippen LogP contribution in [0.25, 0.3) is 11.4 Å². The standard InChI is InChI=1S/C14H18N4O4S/c1-5-21-13(19)17-12-10(8(3)9(4)23-12)11-15-7-16-18(11)14(20)22-6-2/h7H,5-6H2,1-4H3,(H,17,19). The van der Waals surface area contributed by atoms with Crippen LogP contribution in [0.2, 0.25) is 0 Å². The Hall–Kier alpha value is -2.42. The maximum absolute atomic E-state index is 12.0. The van der Waals surface area contributed by atoms with Gasteiger partial charge in [-0.2, -0.15) is 0 Å². The first-order valence-corrected chi connectivity index (χ1v) is 7.92. The van der Waals surface area contributed by atoms with Crippen molar-refractivity contribution in [2.45, 2.75) is 27.7 Å². The summed E-state index contributed by atoms with van der Waals surface area (Å²) >= 11 is 1.38. The third-order valence-corrected chi connectivity index (χ3v) is 4.21. The SMILES string of the molecule is CCOC(=O)Nc1sc(C)c(C)c1-c1ncnn1C(=O)OCC. The summed E-state index contributed by atoms with van der Waals surface area (Å²) in [7, 11) is 0. The summed E-state index contributed by atoms with van der Waals surface area (Å²) in [4.78, 5) is 28.8. The Morgan fingerprint density at radius 3 is 2.61 bits per heavy atom. The van der Waals surface area contributed by atoms with Crippen LogP contribution in [0.5, 0.6) is 0 Å². The number of ether oxygens (including phenoxy) is 2. The minimum absolute atomic E-state index is 0.230. The summed E-state index contributed by atoms with van der Waals surface area (Å²) in [6.45, 7) is 7.74. The molecule has 0 aliphatic heterocycles. The average Bonchev–Trinajstić information content (AvgIpc) is 3.05. The lowest BCUT2D eigenvalue weighted by Crippen LogP contribution is -2.17. The van der Waals surface area contributed by atoms with Crippen molar-refractivity contribution in [2.75, 3.05) is 18.5 Å². The predicted molar refractivity (Wildman–Crippen MR) is 85.9 cm³/mol. The van der Waals surface area contributed by atoms with E-state index in [0.717, 1.165) is 15.1 Å². The molecule has 0 spiro atoms. The van der Waals surface area contributed by atoms with Gasteiger partial charge in [0.25, 0.3) is 0 Å². The van der Waals surface area contributed by atoms with Gasteiger partial charge in [-0.1, -0.05) is 0 Å². The fourth-order valence-electron chi connectivity index (χ4n) is 1.97.